The van der Waals surface area contributed by atoms with Crippen LogP contribution in [0.3, 0.4) is 0 Å². The molecule has 0 bridgehead atoms. The minimum atomic E-state index is -0.382. The second-order valence-corrected chi connectivity index (χ2v) is 4.99. The number of hydrogen-bond donors (Lipinski definition) is 1. The maximum atomic E-state index is 13.5. The van der Waals surface area contributed by atoms with Crippen molar-refractivity contribution in [1.29, 1.82) is 0 Å². The Hall–Kier alpha value is -0.610. The van der Waals surface area contributed by atoms with E-state index in [4.69, 9.17) is 0 Å². The molecule has 1 aromatic carbocycles. The number of halogens is 2. The molecule has 0 aliphatic carbocycles. The van der Waals surface area contributed by atoms with Crippen LogP contribution in [0, 0.1) is 11.6 Å². The van der Waals surface area contributed by atoms with Crippen LogP contribution in [0.5, 0.6) is 0 Å². The topological polar surface area (TPSA) is 12.0 Å². The van der Waals surface area contributed by atoms with Gasteiger partial charge in [0.2, 0.25) is 0 Å². The van der Waals surface area contributed by atoms with Crippen molar-refractivity contribution in [2.75, 3.05) is 5.75 Å². The van der Waals surface area contributed by atoms with Gasteiger partial charge < -0.3 is 0 Å². The second kappa shape index (κ2) is 4.49. The molecule has 1 aliphatic rings. The molecule has 1 aromatic rings. The van der Waals surface area contributed by atoms with E-state index >= 15 is 0 Å². The number of thioether (sulfide) groups is 1. The lowest BCUT2D eigenvalue weighted by Crippen LogP contribution is -2.34. The summed E-state index contributed by atoms with van der Waals surface area (Å²) in [6.07, 6.45) is 1.07. The summed E-state index contributed by atoms with van der Waals surface area (Å²) in [6, 6.07) is 3.97. The van der Waals surface area contributed by atoms with Crippen molar-refractivity contribution in [3.63, 3.8) is 0 Å². The van der Waals surface area contributed by atoms with Crippen LogP contribution in [0.25, 0.3) is 0 Å². The molecule has 82 valence electrons. The van der Waals surface area contributed by atoms with E-state index in [1.54, 1.807) is 11.8 Å². The first-order chi connectivity index (χ1) is 7.16. The van der Waals surface area contributed by atoms with Crippen molar-refractivity contribution < 1.29 is 8.78 Å². The van der Waals surface area contributed by atoms with Crippen LogP contribution in [0.1, 0.15) is 24.3 Å². The number of hydrogen-bond acceptors (Lipinski definition) is 2. The molecule has 1 heterocycles. The van der Waals surface area contributed by atoms with Crippen molar-refractivity contribution in [2.45, 2.75) is 24.8 Å². The van der Waals surface area contributed by atoms with E-state index in [9.17, 15) is 8.78 Å². The van der Waals surface area contributed by atoms with Gasteiger partial charge in [-0.3, -0.25) is 5.32 Å². The Labute approximate surface area is 92.3 Å². The molecule has 0 radical (unpaired) electrons. The van der Waals surface area contributed by atoms with Gasteiger partial charge in [0, 0.05) is 11.6 Å². The lowest BCUT2D eigenvalue weighted by atomic mass is 10.1. The fraction of sp³-hybridized carbons (Fsp3) is 0.455. The summed E-state index contributed by atoms with van der Waals surface area (Å²) in [7, 11) is 0. The van der Waals surface area contributed by atoms with Crippen molar-refractivity contribution in [1.82, 2.24) is 5.32 Å². The fourth-order valence-electron chi connectivity index (χ4n) is 1.65. The maximum absolute atomic E-state index is 13.5. The molecule has 1 N–H and O–H groups in total. The Morgan fingerprint density at radius 1 is 1.40 bits per heavy atom. The van der Waals surface area contributed by atoms with E-state index in [1.165, 1.54) is 12.1 Å². The summed E-state index contributed by atoms with van der Waals surface area (Å²) >= 11 is 1.63. The van der Waals surface area contributed by atoms with Gasteiger partial charge in [0.1, 0.15) is 11.6 Å². The molecule has 1 aliphatic heterocycles. The predicted molar refractivity (Wildman–Crippen MR) is 58.8 cm³/mol. The highest BCUT2D eigenvalue weighted by atomic mass is 32.2. The third-order valence-corrected chi connectivity index (χ3v) is 3.71. The maximum Gasteiger partial charge on any atom is 0.129 e. The number of nitrogens with one attached hydrogen (secondary N) is 1. The molecule has 0 amide bonds. The Kier molecular flexibility index (Phi) is 3.26. The summed E-state index contributed by atoms with van der Waals surface area (Å²) in [5.41, 5.74) is 0.423. The van der Waals surface area contributed by atoms with Crippen LogP contribution in [-0.2, 0) is 0 Å². The van der Waals surface area contributed by atoms with Crippen LogP contribution >= 0.6 is 11.8 Å². The van der Waals surface area contributed by atoms with Crippen molar-refractivity contribution in [2.24, 2.45) is 0 Å². The molecular weight excluding hydrogens is 216 g/mol. The van der Waals surface area contributed by atoms with Gasteiger partial charge in [-0.05, 0) is 37.3 Å². The highest BCUT2D eigenvalue weighted by molar-refractivity contribution is 7.99. The minimum absolute atomic E-state index is 0.121. The van der Waals surface area contributed by atoms with Gasteiger partial charge in [-0.15, -0.1) is 11.8 Å². The quantitative estimate of drug-likeness (QED) is 0.794. The number of rotatable bonds is 1. The normalized spacial score (nSPS) is 26.6. The molecule has 2 rings (SSSR count). The van der Waals surface area contributed by atoms with E-state index in [2.05, 4.69) is 12.2 Å². The summed E-state index contributed by atoms with van der Waals surface area (Å²) in [5.74, 6) is 0.261. The Morgan fingerprint density at radius 3 is 2.93 bits per heavy atom. The molecule has 1 saturated heterocycles. The molecule has 0 saturated carbocycles. The van der Waals surface area contributed by atoms with Crippen molar-refractivity contribution >= 4 is 11.8 Å². The highest BCUT2D eigenvalue weighted by Crippen LogP contribution is 2.33. The van der Waals surface area contributed by atoms with Gasteiger partial charge in [-0.25, -0.2) is 8.78 Å². The second-order valence-electron chi connectivity index (χ2n) is 3.77. The molecule has 1 nitrogen and oxygen atoms in total. The average molecular weight is 229 g/mol. The molecule has 2 atom stereocenters. The van der Waals surface area contributed by atoms with Gasteiger partial charge in [-0.1, -0.05) is 0 Å². The van der Waals surface area contributed by atoms with E-state index in [1.807, 2.05) is 0 Å². The summed E-state index contributed by atoms with van der Waals surface area (Å²) in [5, 5.41) is 3.14. The zero-order chi connectivity index (χ0) is 10.8. The monoisotopic (exact) mass is 229 g/mol. The Morgan fingerprint density at radius 2 is 2.20 bits per heavy atom. The Bertz CT molecular complexity index is 356. The Balaban J connectivity index is 2.24. The van der Waals surface area contributed by atoms with Gasteiger partial charge in [0.25, 0.3) is 0 Å². The van der Waals surface area contributed by atoms with E-state index < -0.39 is 0 Å². The van der Waals surface area contributed by atoms with Crippen LogP contribution in [-0.4, -0.2) is 11.8 Å². The van der Waals surface area contributed by atoms with Crippen molar-refractivity contribution in [3.05, 3.63) is 35.4 Å². The third-order valence-electron chi connectivity index (χ3n) is 2.51. The average Bonchev–Trinajstić information content (AvgIpc) is 2.22. The number of benzene rings is 1. The molecule has 4 heteroatoms. The standard InChI is InChI=1S/C11H13F2NS/c1-7-4-5-15-11(14-7)9-6-8(12)2-3-10(9)13/h2-3,6-7,11,14H,4-5H2,1H3. The zero-order valence-electron chi connectivity index (χ0n) is 8.47. The van der Waals surface area contributed by atoms with E-state index in [-0.39, 0.29) is 17.0 Å². The van der Waals surface area contributed by atoms with E-state index in [0.29, 0.717) is 11.6 Å². The first-order valence-corrected chi connectivity index (χ1v) is 6.04. The van der Waals surface area contributed by atoms with Crippen LogP contribution < -0.4 is 5.32 Å². The van der Waals surface area contributed by atoms with Crippen LogP contribution in [0.15, 0.2) is 18.2 Å². The summed E-state index contributed by atoms with van der Waals surface area (Å²) < 4.78 is 26.5. The van der Waals surface area contributed by atoms with Crippen LogP contribution in [0.4, 0.5) is 8.78 Å². The fourth-order valence-corrected chi connectivity index (χ4v) is 3.06. The predicted octanol–water partition coefficient (Wildman–Crippen LogP) is 3.08. The minimum Gasteiger partial charge on any atom is -0.299 e. The lowest BCUT2D eigenvalue weighted by Gasteiger charge is -2.28. The molecule has 15 heavy (non-hydrogen) atoms. The smallest absolute Gasteiger partial charge is 0.129 e. The van der Waals surface area contributed by atoms with E-state index in [0.717, 1.165) is 18.2 Å². The third kappa shape index (κ3) is 2.49. The molecule has 0 aromatic heterocycles. The summed E-state index contributed by atoms with van der Waals surface area (Å²) in [4.78, 5) is 0. The van der Waals surface area contributed by atoms with Gasteiger partial charge in [0.15, 0.2) is 0 Å². The zero-order valence-corrected chi connectivity index (χ0v) is 9.28. The van der Waals surface area contributed by atoms with Gasteiger partial charge in [-0.2, -0.15) is 0 Å². The molecule has 1 fully saturated rings. The van der Waals surface area contributed by atoms with Gasteiger partial charge >= 0.3 is 0 Å². The molecule has 2 unspecified atom stereocenters. The van der Waals surface area contributed by atoms with Crippen LogP contribution in [0.2, 0.25) is 0 Å². The summed E-state index contributed by atoms with van der Waals surface area (Å²) in [6.45, 7) is 2.06. The molecule has 0 spiro atoms. The molecular formula is C11H13F2NS. The highest BCUT2D eigenvalue weighted by Gasteiger charge is 2.22. The first kappa shape index (κ1) is 10.9. The van der Waals surface area contributed by atoms with Gasteiger partial charge in [0.05, 0.1) is 5.37 Å². The van der Waals surface area contributed by atoms with Crippen molar-refractivity contribution in [3.8, 4) is 0 Å². The lowest BCUT2D eigenvalue weighted by molar-refractivity contribution is 0.492. The largest absolute Gasteiger partial charge is 0.299 e. The first-order valence-electron chi connectivity index (χ1n) is 4.99. The SMILES string of the molecule is CC1CCSC(c2cc(F)ccc2F)N1.